The van der Waals surface area contributed by atoms with E-state index < -0.39 is 0 Å². The number of carbonyl (C=O) groups is 1. The molecule has 0 saturated carbocycles. The van der Waals surface area contributed by atoms with E-state index in [0.717, 1.165) is 43.6 Å². The lowest BCUT2D eigenvalue weighted by molar-refractivity contribution is 0.0724. The van der Waals surface area contributed by atoms with Gasteiger partial charge < -0.3 is 10.6 Å². The highest BCUT2D eigenvalue weighted by molar-refractivity contribution is 5.94. The van der Waals surface area contributed by atoms with Crippen molar-refractivity contribution in [2.45, 2.75) is 25.7 Å². The molecule has 0 atom stereocenters. The molecule has 1 saturated heterocycles. The Morgan fingerprint density at radius 1 is 1.04 bits per heavy atom. The topological polar surface area (TPSA) is 59.2 Å². The highest BCUT2D eigenvalue weighted by Gasteiger charge is 2.18. The van der Waals surface area contributed by atoms with E-state index in [1.54, 1.807) is 6.20 Å². The number of aromatic nitrogens is 1. The van der Waals surface area contributed by atoms with Gasteiger partial charge in [-0.1, -0.05) is 24.3 Å². The van der Waals surface area contributed by atoms with Crippen molar-refractivity contribution in [1.82, 2.24) is 9.88 Å². The highest BCUT2D eigenvalue weighted by Crippen LogP contribution is 2.19. The van der Waals surface area contributed by atoms with Gasteiger partial charge in [0.25, 0.3) is 5.91 Å². The molecule has 0 spiro atoms. The number of nitrogens with zero attached hydrogens (tertiary/aromatic N) is 2. The molecule has 2 heterocycles. The maximum Gasteiger partial charge on any atom is 0.255 e. The zero-order valence-electron chi connectivity index (χ0n) is 13.8. The fourth-order valence-corrected chi connectivity index (χ4v) is 2.98. The lowest BCUT2D eigenvalue weighted by atomic mass is 10.1. The molecule has 128 valence electrons. The zero-order valence-corrected chi connectivity index (χ0v) is 14.6. The lowest BCUT2D eigenvalue weighted by Gasteiger charge is -2.26. The number of rotatable bonds is 4. The van der Waals surface area contributed by atoms with E-state index in [1.165, 1.54) is 12.0 Å². The van der Waals surface area contributed by atoms with Crippen LogP contribution in [0.5, 0.6) is 0 Å². The summed E-state index contributed by atoms with van der Waals surface area (Å²) < 4.78 is 0. The van der Waals surface area contributed by atoms with E-state index in [9.17, 15) is 4.79 Å². The first kappa shape index (κ1) is 18.4. The fourth-order valence-electron chi connectivity index (χ4n) is 2.98. The molecule has 1 aliphatic rings. The SMILES string of the molecule is Cl.NCCc1ccc(-c2ccc(C(=O)N3CCCCC3)cn2)cc1. The minimum absolute atomic E-state index is 0. The molecule has 24 heavy (non-hydrogen) atoms. The van der Waals surface area contributed by atoms with Crippen molar-refractivity contribution < 1.29 is 4.79 Å². The summed E-state index contributed by atoms with van der Waals surface area (Å²) in [6.07, 6.45) is 6.01. The third-order valence-electron chi connectivity index (χ3n) is 4.34. The van der Waals surface area contributed by atoms with Crippen LogP contribution in [0.25, 0.3) is 11.3 Å². The van der Waals surface area contributed by atoms with Gasteiger partial charge in [0.05, 0.1) is 11.3 Å². The highest BCUT2D eigenvalue weighted by atomic mass is 35.5. The second-order valence-corrected chi connectivity index (χ2v) is 6.02. The van der Waals surface area contributed by atoms with Gasteiger partial charge in [-0.25, -0.2) is 0 Å². The number of piperidine rings is 1. The third kappa shape index (κ3) is 4.34. The van der Waals surface area contributed by atoms with Gasteiger partial charge in [-0.2, -0.15) is 0 Å². The molecule has 3 rings (SSSR count). The molecule has 1 amide bonds. The van der Waals surface area contributed by atoms with Crippen molar-refractivity contribution in [3.8, 4) is 11.3 Å². The molecule has 5 heteroatoms. The number of hydrogen-bond acceptors (Lipinski definition) is 3. The van der Waals surface area contributed by atoms with Crippen LogP contribution >= 0.6 is 12.4 Å². The Morgan fingerprint density at radius 2 is 1.75 bits per heavy atom. The van der Waals surface area contributed by atoms with E-state index in [-0.39, 0.29) is 18.3 Å². The monoisotopic (exact) mass is 345 g/mol. The first-order chi connectivity index (χ1) is 11.3. The zero-order chi connectivity index (χ0) is 16.1. The van der Waals surface area contributed by atoms with Crippen LogP contribution in [0.2, 0.25) is 0 Å². The van der Waals surface area contributed by atoms with Crippen LogP contribution in [0.4, 0.5) is 0 Å². The van der Waals surface area contributed by atoms with E-state index in [0.29, 0.717) is 12.1 Å². The number of likely N-dealkylation sites (tertiary alicyclic amines) is 1. The lowest BCUT2D eigenvalue weighted by Crippen LogP contribution is -2.35. The molecular weight excluding hydrogens is 322 g/mol. The number of hydrogen-bond donors (Lipinski definition) is 1. The minimum atomic E-state index is 0. The van der Waals surface area contributed by atoms with Crippen molar-refractivity contribution in [3.63, 3.8) is 0 Å². The van der Waals surface area contributed by atoms with Gasteiger partial charge in [-0.15, -0.1) is 12.4 Å². The van der Waals surface area contributed by atoms with Gasteiger partial charge in [0, 0.05) is 24.8 Å². The summed E-state index contributed by atoms with van der Waals surface area (Å²) in [7, 11) is 0. The number of halogens is 1. The Bertz CT molecular complexity index is 649. The van der Waals surface area contributed by atoms with Crippen molar-refractivity contribution in [1.29, 1.82) is 0 Å². The van der Waals surface area contributed by atoms with Gasteiger partial charge in [0.2, 0.25) is 0 Å². The summed E-state index contributed by atoms with van der Waals surface area (Å²) in [5.41, 5.74) is 9.42. The predicted molar refractivity (Wildman–Crippen MR) is 99.4 cm³/mol. The average Bonchev–Trinajstić information content (AvgIpc) is 2.63. The number of benzene rings is 1. The summed E-state index contributed by atoms with van der Waals surface area (Å²) in [4.78, 5) is 18.8. The smallest absolute Gasteiger partial charge is 0.255 e. The molecule has 0 unspecified atom stereocenters. The Balaban J connectivity index is 0.00000208. The van der Waals surface area contributed by atoms with E-state index in [2.05, 4.69) is 29.2 Å². The molecule has 0 radical (unpaired) electrons. The van der Waals surface area contributed by atoms with Crippen LogP contribution in [-0.2, 0) is 6.42 Å². The Labute approximate surface area is 149 Å². The number of nitrogens with two attached hydrogens (primary N) is 1. The van der Waals surface area contributed by atoms with Gasteiger partial charge >= 0.3 is 0 Å². The van der Waals surface area contributed by atoms with Crippen LogP contribution in [-0.4, -0.2) is 35.4 Å². The molecular formula is C19H24ClN3O. The van der Waals surface area contributed by atoms with E-state index in [4.69, 9.17) is 5.73 Å². The Morgan fingerprint density at radius 3 is 2.33 bits per heavy atom. The summed E-state index contributed by atoms with van der Waals surface area (Å²) in [5.74, 6) is 0.0991. The predicted octanol–water partition coefficient (Wildman–Crippen LogP) is 3.30. The number of amides is 1. The maximum absolute atomic E-state index is 12.4. The summed E-state index contributed by atoms with van der Waals surface area (Å²) in [5, 5.41) is 0. The Kier molecular flexibility index (Phi) is 6.76. The van der Waals surface area contributed by atoms with Crippen LogP contribution in [0.1, 0.15) is 35.2 Å². The first-order valence-corrected chi connectivity index (χ1v) is 8.32. The van der Waals surface area contributed by atoms with Crippen molar-refractivity contribution in [2.75, 3.05) is 19.6 Å². The summed E-state index contributed by atoms with van der Waals surface area (Å²) in [6, 6.07) is 12.1. The molecule has 1 fully saturated rings. The Hall–Kier alpha value is -1.91. The first-order valence-electron chi connectivity index (χ1n) is 8.32. The molecule has 1 aliphatic heterocycles. The molecule has 2 N–H and O–H groups in total. The molecule has 0 aliphatic carbocycles. The van der Waals surface area contributed by atoms with Crippen LogP contribution in [0, 0.1) is 0 Å². The quantitative estimate of drug-likeness (QED) is 0.924. The minimum Gasteiger partial charge on any atom is -0.339 e. The second kappa shape index (κ2) is 8.81. The van der Waals surface area contributed by atoms with Crippen LogP contribution in [0.3, 0.4) is 0 Å². The number of pyridine rings is 1. The maximum atomic E-state index is 12.4. The standard InChI is InChI=1S/C19H23N3O.ClH/c20-11-10-15-4-6-16(7-5-15)18-9-8-17(14-21-18)19(23)22-12-2-1-3-13-22;/h4-9,14H,1-3,10-13,20H2;1H. The van der Waals surface area contributed by atoms with E-state index >= 15 is 0 Å². The summed E-state index contributed by atoms with van der Waals surface area (Å²) in [6.45, 7) is 2.39. The van der Waals surface area contributed by atoms with Crippen LogP contribution < -0.4 is 5.73 Å². The molecule has 0 bridgehead atoms. The third-order valence-corrected chi connectivity index (χ3v) is 4.34. The fraction of sp³-hybridized carbons (Fsp3) is 0.368. The van der Waals surface area contributed by atoms with Crippen molar-refractivity contribution >= 4 is 18.3 Å². The van der Waals surface area contributed by atoms with Crippen LogP contribution in [0.15, 0.2) is 42.6 Å². The normalized spacial score (nSPS) is 14.1. The second-order valence-electron chi connectivity index (χ2n) is 6.02. The molecule has 4 nitrogen and oxygen atoms in total. The molecule has 1 aromatic carbocycles. The van der Waals surface area contributed by atoms with Gasteiger partial charge in [0.15, 0.2) is 0 Å². The average molecular weight is 346 g/mol. The van der Waals surface area contributed by atoms with Crippen molar-refractivity contribution in [2.24, 2.45) is 5.73 Å². The summed E-state index contributed by atoms with van der Waals surface area (Å²) >= 11 is 0. The van der Waals surface area contributed by atoms with Gasteiger partial charge in [-0.3, -0.25) is 9.78 Å². The van der Waals surface area contributed by atoms with Gasteiger partial charge in [0.1, 0.15) is 0 Å². The molecule has 2 aromatic rings. The molecule has 1 aromatic heterocycles. The van der Waals surface area contributed by atoms with Gasteiger partial charge in [-0.05, 0) is 49.9 Å². The van der Waals surface area contributed by atoms with E-state index in [1.807, 2.05) is 17.0 Å². The van der Waals surface area contributed by atoms with Crippen molar-refractivity contribution in [3.05, 3.63) is 53.7 Å². The largest absolute Gasteiger partial charge is 0.339 e. The number of carbonyl (C=O) groups excluding carboxylic acids is 1.